The number of guanidine groups is 1. The molecule has 0 atom stereocenters. The van der Waals surface area contributed by atoms with Crippen molar-refractivity contribution in [2.24, 2.45) is 10.7 Å². The highest BCUT2D eigenvalue weighted by Gasteiger charge is 2.11. The van der Waals surface area contributed by atoms with Gasteiger partial charge in [-0.3, -0.25) is 0 Å². The monoisotopic (exact) mass is 346 g/mol. The first-order chi connectivity index (χ1) is 12.1. The van der Waals surface area contributed by atoms with E-state index in [2.05, 4.69) is 27.4 Å². The molecule has 0 bridgehead atoms. The highest BCUT2D eigenvalue weighted by molar-refractivity contribution is 5.92. The Bertz CT molecular complexity index is 764. The van der Waals surface area contributed by atoms with Crippen LogP contribution in [-0.2, 0) is 19.4 Å². The molecule has 0 fully saturated rings. The Kier molecular flexibility index (Phi) is 5.42. The van der Waals surface area contributed by atoms with Gasteiger partial charge >= 0.3 is 0 Å². The van der Waals surface area contributed by atoms with E-state index in [0.29, 0.717) is 5.56 Å². The lowest BCUT2D eigenvalue weighted by atomic mass is 10.1. The first kappa shape index (κ1) is 17.1. The lowest BCUT2D eigenvalue weighted by Crippen LogP contribution is -2.22. The summed E-state index contributed by atoms with van der Waals surface area (Å²) in [6.45, 7) is -0.507. The van der Waals surface area contributed by atoms with Crippen molar-refractivity contribution >= 4 is 11.6 Å². The quantitative estimate of drug-likeness (QED) is 0.623. The number of anilines is 1. The highest BCUT2D eigenvalue weighted by Crippen LogP contribution is 2.24. The molecule has 0 radical (unpaired) electrons. The number of aromatic nitrogens is 1. The maximum atomic E-state index is 12.3. The van der Waals surface area contributed by atoms with Crippen LogP contribution in [0.5, 0.6) is 5.88 Å². The van der Waals surface area contributed by atoms with Crippen LogP contribution in [0.25, 0.3) is 0 Å². The van der Waals surface area contributed by atoms with Gasteiger partial charge in [0.05, 0.1) is 6.54 Å². The van der Waals surface area contributed by atoms with E-state index in [1.165, 1.54) is 23.7 Å². The minimum absolute atomic E-state index is 0.150. The lowest BCUT2D eigenvalue weighted by Gasteiger charge is -2.10. The Morgan fingerprint density at radius 1 is 1.28 bits per heavy atom. The number of hydrogen-bond acceptors (Lipinski definition) is 3. The van der Waals surface area contributed by atoms with Gasteiger partial charge in [-0.2, -0.15) is 0 Å². The molecule has 0 saturated heterocycles. The van der Waals surface area contributed by atoms with Crippen molar-refractivity contribution in [3.05, 3.63) is 53.2 Å². The van der Waals surface area contributed by atoms with Crippen molar-refractivity contribution in [2.45, 2.75) is 32.2 Å². The second-order valence-corrected chi connectivity index (χ2v) is 5.83. The van der Waals surface area contributed by atoms with Crippen LogP contribution < -0.4 is 15.8 Å². The van der Waals surface area contributed by atoms with Crippen molar-refractivity contribution in [3.8, 4) is 5.88 Å². The van der Waals surface area contributed by atoms with Gasteiger partial charge in [-0.1, -0.05) is 12.1 Å². The molecule has 132 valence electrons. The third-order valence-corrected chi connectivity index (χ3v) is 3.99. The number of aryl methyl sites for hydroxylation is 2. The van der Waals surface area contributed by atoms with Crippen molar-refractivity contribution < 1.29 is 13.5 Å². The second-order valence-electron chi connectivity index (χ2n) is 5.83. The van der Waals surface area contributed by atoms with E-state index in [1.54, 1.807) is 12.1 Å². The summed E-state index contributed by atoms with van der Waals surface area (Å²) in [4.78, 5) is 8.21. The van der Waals surface area contributed by atoms with Gasteiger partial charge in [-0.25, -0.2) is 18.8 Å². The van der Waals surface area contributed by atoms with Gasteiger partial charge in [0.2, 0.25) is 5.88 Å². The molecule has 1 aliphatic carbocycles. The number of benzene rings is 1. The zero-order valence-electron chi connectivity index (χ0n) is 13.7. The number of nitrogens with one attached hydrogen (secondary N) is 1. The van der Waals surface area contributed by atoms with Crippen LogP contribution in [0, 0.1) is 0 Å². The number of fused-ring (bicyclic) bond motifs is 1. The van der Waals surface area contributed by atoms with Crippen LogP contribution in [0.1, 0.15) is 23.1 Å². The van der Waals surface area contributed by atoms with Crippen LogP contribution in [0.15, 0.2) is 41.5 Å². The fraction of sp³-hybridized carbons (Fsp3) is 0.333. The SMILES string of the molecule is NC(=NCc1cccnc1OCC(F)F)Nc1ccc2c(c1)CCC2. The van der Waals surface area contributed by atoms with E-state index in [-0.39, 0.29) is 18.4 Å². The predicted molar refractivity (Wildman–Crippen MR) is 93.2 cm³/mol. The standard InChI is InChI=1S/C18H20F2N4O/c19-16(20)11-25-17-14(5-2-8-22-17)10-23-18(21)24-15-7-6-12-3-1-4-13(12)9-15/h2,5-9,16H,1,3-4,10-11H2,(H3,21,23,24). The maximum absolute atomic E-state index is 12.3. The smallest absolute Gasteiger partial charge is 0.272 e. The number of ether oxygens (including phenoxy) is 1. The molecule has 1 aromatic heterocycles. The molecule has 3 N–H and O–H groups in total. The molecule has 0 amide bonds. The van der Waals surface area contributed by atoms with Crippen LogP contribution in [0.4, 0.5) is 14.5 Å². The van der Waals surface area contributed by atoms with Gasteiger partial charge < -0.3 is 15.8 Å². The van der Waals surface area contributed by atoms with Crippen molar-refractivity contribution in [2.75, 3.05) is 11.9 Å². The van der Waals surface area contributed by atoms with E-state index < -0.39 is 13.0 Å². The number of pyridine rings is 1. The Balaban J connectivity index is 1.63. The van der Waals surface area contributed by atoms with Crippen LogP contribution >= 0.6 is 0 Å². The average Bonchev–Trinajstić information content (AvgIpc) is 3.06. The first-order valence-electron chi connectivity index (χ1n) is 8.15. The molecule has 0 saturated carbocycles. The summed E-state index contributed by atoms with van der Waals surface area (Å²) in [5.74, 6) is 0.401. The molecular formula is C18H20F2N4O. The highest BCUT2D eigenvalue weighted by atomic mass is 19.3. The summed E-state index contributed by atoms with van der Waals surface area (Å²) in [6, 6.07) is 9.60. The van der Waals surface area contributed by atoms with Crippen LogP contribution in [0.2, 0.25) is 0 Å². The second kappa shape index (κ2) is 7.92. The minimum Gasteiger partial charge on any atom is -0.471 e. The summed E-state index contributed by atoms with van der Waals surface area (Å²) in [7, 11) is 0. The van der Waals surface area contributed by atoms with E-state index >= 15 is 0 Å². The van der Waals surface area contributed by atoms with E-state index in [9.17, 15) is 8.78 Å². The Morgan fingerprint density at radius 3 is 2.96 bits per heavy atom. The number of aliphatic imine (C=N–C) groups is 1. The number of alkyl halides is 2. The number of hydrogen-bond donors (Lipinski definition) is 2. The van der Waals surface area contributed by atoms with E-state index in [0.717, 1.165) is 18.5 Å². The Morgan fingerprint density at radius 2 is 2.12 bits per heavy atom. The largest absolute Gasteiger partial charge is 0.471 e. The van der Waals surface area contributed by atoms with Gasteiger partial charge in [-0.15, -0.1) is 0 Å². The number of rotatable bonds is 6. The van der Waals surface area contributed by atoms with E-state index in [4.69, 9.17) is 10.5 Å². The molecule has 0 spiro atoms. The summed E-state index contributed by atoms with van der Waals surface area (Å²) in [6.07, 6.45) is 2.33. The molecule has 7 heteroatoms. The van der Waals surface area contributed by atoms with Crippen LogP contribution in [0.3, 0.4) is 0 Å². The summed E-state index contributed by atoms with van der Waals surface area (Å²) in [5.41, 5.74) is 10.1. The molecule has 3 rings (SSSR count). The zero-order valence-corrected chi connectivity index (χ0v) is 13.7. The summed E-state index contributed by atoms with van der Waals surface area (Å²) < 4.78 is 29.6. The van der Waals surface area contributed by atoms with Crippen molar-refractivity contribution in [3.63, 3.8) is 0 Å². The first-order valence-corrected chi connectivity index (χ1v) is 8.15. The van der Waals surface area contributed by atoms with Gasteiger partial charge in [0, 0.05) is 17.4 Å². The topological polar surface area (TPSA) is 72.5 Å². The fourth-order valence-electron chi connectivity index (χ4n) is 2.82. The molecule has 0 aliphatic heterocycles. The predicted octanol–water partition coefficient (Wildman–Crippen LogP) is 3.14. The van der Waals surface area contributed by atoms with Gasteiger partial charge in [0.25, 0.3) is 6.43 Å². The normalized spacial score (nSPS) is 13.8. The third-order valence-electron chi connectivity index (χ3n) is 3.99. The number of nitrogens with two attached hydrogens (primary N) is 1. The Hall–Kier alpha value is -2.70. The molecule has 2 aromatic rings. The summed E-state index contributed by atoms with van der Waals surface area (Å²) >= 11 is 0. The minimum atomic E-state index is -2.55. The molecule has 1 aliphatic rings. The van der Waals surface area contributed by atoms with Crippen molar-refractivity contribution in [1.82, 2.24) is 4.98 Å². The van der Waals surface area contributed by atoms with Crippen LogP contribution in [-0.4, -0.2) is 24.0 Å². The molecule has 1 aromatic carbocycles. The van der Waals surface area contributed by atoms with Gasteiger partial charge in [0.1, 0.15) is 0 Å². The van der Waals surface area contributed by atoms with Crippen molar-refractivity contribution in [1.29, 1.82) is 0 Å². The zero-order chi connectivity index (χ0) is 17.6. The fourth-order valence-corrected chi connectivity index (χ4v) is 2.82. The Labute approximate surface area is 144 Å². The molecule has 5 nitrogen and oxygen atoms in total. The number of nitrogens with zero attached hydrogens (tertiary/aromatic N) is 2. The third kappa shape index (κ3) is 4.65. The van der Waals surface area contributed by atoms with Gasteiger partial charge in [0.15, 0.2) is 12.6 Å². The molecular weight excluding hydrogens is 326 g/mol. The maximum Gasteiger partial charge on any atom is 0.272 e. The van der Waals surface area contributed by atoms with E-state index in [1.807, 2.05) is 6.07 Å². The lowest BCUT2D eigenvalue weighted by molar-refractivity contribution is 0.0791. The number of halogens is 2. The molecule has 1 heterocycles. The average molecular weight is 346 g/mol. The molecule has 0 unspecified atom stereocenters. The summed E-state index contributed by atoms with van der Waals surface area (Å²) in [5, 5.41) is 3.06. The molecule has 25 heavy (non-hydrogen) atoms. The van der Waals surface area contributed by atoms with Gasteiger partial charge in [-0.05, 0) is 48.6 Å².